The summed E-state index contributed by atoms with van der Waals surface area (Å²) in [4.78, 5) is 15.1. The fourth-order valence-electron chi connectivity index (χ4n) is 4.33. The van der Waals surface area contributed by atoms with E-state index in [0.29, 0.717) is 5.76 Å². The highest BCUT2D eigenvalue weighted by atomic mass is 16.4. The fraction of sp³-hybridized carbons (Fsp3) is 0.414. The van der Waals surface area contributed by atoms with Crippen molar-refractivity contribution < 1.29 is 14.6 Å². The minimum atomic E-state index is -0.573. The second-order valence-electron chi connectivity index (χ2n) is 11.3. The van der Waals surface area contributed by atoms with Crippen LogP contribution in [0.4, 0.5) is 5.69 Å². The molecule has 3 aromatic rings. The number of anilines is 1. The largest absolute Gasteiger partial charge is 0.507 e. The van der Waals surface area contributed by atoms with Crippen molar-refractivity contribution in [3.05, 3.63) is 86.5 Å². The van der Waals surface area contributed by atoms with Crippen molar-refractivity contribution in [2.75, 3.05) is 19.0 Å². The second kappa shape index (κ2) is 8.86. The molecule has 2 N–H and O–H groups in total. The van der Waals surface area contributed by atoms with E-state index in [0.717, 1.165) is 27.9 Å². The average molecular weight is 464 g/mol. The Hall–Kier alpha value is -3.21. The smallest absolute Gasteiger partial charge is 0.343 e. The van der Waals surface area contributed by atoms with Gasteiger partial charge in [-0.05, 0) is 52.1 Å². The lowest BCUT2D eigenvalue weighted by atomic mass is 9.75. The van der Waals surface area contributed by atoms with Gasteiger partial charge in [0.1, 0.15) is 17.3 Å². The Labute approximate surface area is 202 Å². The van der Waals surface area contributed by atoms with Gasteiger partial charge in [-0.2, -0.15) is 0 Å². The predicted molar refractivity (Wildman–Crippen MR) is 139 cm³/mol. The van der Waals surface area contributed by atoms with Crippen LogP contribution in [-0.4, -0.2) is 24.3 Å². The molecule has 0 fully saturated rings. The molecule has 0 aliphatic carbocycles. The maximum absolute atomic E-state index is 13.1. The third-order valence-corrected chi connectivity index (χ3v) is 6.20. The van der Waals surface area contributed by atoms with E-state index in [4.69, 9.17) is 4.42 Å². The van der Waals surface area contributed by atoms with E-state index in [1.54, 1.807) is 6.92 Å². The first-order valence-corrected chi connectivity index (χ1v) is 11.6. The molecule has 0 radical (unpaired) electrons. The predicted octanol–water partition coefficient (Wildman–Crippen LogP) is 6.20. The molecule has 0 bridgehead atoms. The van der Waals surface area contributed by atoms with Gasteiger partial charge in [-0.15, -0.1) is 0 Å². The van der Waals surface area contributed by atoms with Crippen molar-refractivity contribution in [2.24, 2.45) is 0 Å². The molecule has 34 heavy (non-hydrogen) atoms. The molecule has 0 unspecified atom stereocenters. The minimum absolute atomic E-state index is 0.0990. The molecular weight excluding hydrogens is 426 g/mol. The molecule has 182 valence electrons. The molecule has 2 aromatic carbocycles. The Bertz CT molecular complexity index is 1200. The van der Waals surface area contributed by atoms with Gasteiger partial charge < -0.3 is 19.5 Å². The molecule has 5 heteroatoms. The molecule has 5 nitrogen and oxygen atoms in total. The van der Waals surface area contributed by atoms with Crippen LogP contribution in [0.25, 0.3) is 0 Å². The van der Waals surface area contributed by atoms with Crippen LogP contribution in [0.15, 0.2) is 51.7 Å². The number of phenolic OH excluding ortho intramolecular Hbond substituents is 1. The quantitative estimate of drug-likeness (QED) is 0.482. The molecule has 1 heterocycles. The number of hydrogen-bond donors (Lipinski definition) is 2. The van der Waals surface area contributed by atoms with E-state index in [1.165, 1.54) is 6.07 Å². The van der Waals surface area contributed by atoms with Gasteiger partial charge in [0.05, 0.1) is 5.56 Å². The molecule has 0 saturated carbocycles. The highest BCUT2D eigenvalue weighted by Gasteiger charge is 2.31. The summed E-state index contributed by atoms with van der Waals surface area (Å²) in [5, 5.41) is 22.1. The van der Waals surface area contributed by atoms with E-state index >= 15 is 0 Å². The van der Waals surface area contributed by atoms with Crippen molar-refractivity contribution in [3.63, 3.8) is 0 Å². The summed E-state index contributed by atoms with van der Waals surface area (Å²) in [5.74, 6) is -0.0518. The van der Waals surface area contributed by atoms with Crippen molar-refractivity contribution in [3.8, 4) is 11.5 Å². The fourth-order valence-corrected chi connectivity index (χ4v) is 4.33. The molecular formula is C29H37NO4. The van der Waals surface area contributed by atoms with Crippen molar-refractivity contribution >= 4 is 5.69 Å². The van der Waals surface area contributed by atoms with E-state index in [1.807, 2.05) is 55.4 Å². The number of benzene rings is 2. The molecule has 1 aromatic heterocycles. The van der Waals surface area contributed by atoms with Crippen LogP contribution in [0.1, 0.15) is 81.0 Å². The van der Waals surface area contributed by atoms with Crippen LogP contribution in [0, 0.1) is 6.92 Å². The SMILES string of the molecule is Cc1cc(O)c([C@@H](c2ccc(N(C)C)cc2)c2cc(C(C)(C)C)c(O)c(C(C)(C)C)c2)c(=O)o1. The standard InChI is InChI=1S/C29H37NO4/c1-17-14-23(31)25(27(33)34-17)24(18-10-12-20(13-11-18)30(8)9)19-15-21(28(2,3)4)26(32)22(16-19)29(5,6)7/h10-16,24,31-32H,1-9H3/t24-/m0/s1. The Balaban J connectivity index is 2.41. The van der Waals surface area contributed by atoms with E-state index in [2.05, 4.69) is 41.5 Å². The molecule has 0 amide bonds. The summed E-state index contributed by atoms with van der Waals surface area (Å²) in [7, 11) is 3.94. The first kappa shape index (κ1) is 25.4. The molecule has 0 spiro atoms. The number of phenols is 1. The van der Waals surface area contributed by atoms with Gasteiger partial charge in [-0.1, -0.05) is 65.8 Å². The maximum Gasteiger partial charge on any atom is 0.343 e. The van der Waals surface area contributed by atoms with Crippen LogP contribution < -0.4 is 10.5 Å². The highest BCUT2D eigenvalue weighted by Crippen LogP contribution is 2.44. The number of aromatic hydroxyl groups is 2. The lowest BCUT2D eigenvalue weighted by Crippen LogP contribution is -2.21. The summed E-state index contributed by atoms with van der Waals surface area (Å²) in [6.07, 6.45) is 0. The first-order chi connectivity index (χ1) is 15.6. The van der Waals surface area contributed by atoms with Crippen LogP contribution >= 0.6 is 0 Å². The van der Waals surface area contributed by atoms with Gasteiger partial charge in [0.25, 0.3) is 0 Å². The van der Waals surface area contributed by atoms with Crippen LogP contribution in [0.3, 0.4) is 0 Å². The Morgan fingerprint density at radius 2 is 1.32 bits per heavy atom. The molecule has 1 atom stereocenters. The zero-order valence-electron chi connectivity index (χ0n) is 21.8. The van der Waals surface area contributed by atoms with Crippen LogP contribution in [0.2, 0.25) is 0 Å². The summed E-state index contributed by atoms with van der Waals surface area (Å²) in [6, 6.07) is 13.3. The summed E-state index contributed by atoms with van der Waals surface area (Å²) in [5.41, 5.74) is 3.23. The van der Waals surface area contributed by atoms with Gasteiger partial charge >= 0.3 is 5.63 Å². The van der Waals surface area contributed by atoms with Crippen LogP contribution in [-0.2, 0) is 10.8 Å². The van der Waals surface area contributed by atoms with Gasteiger partial charge in [0.2, 0.25) is 0 Å². The van der Waals surface area contributed by atoms with Gasteiger partial charge in [0.15, 0.2) is 0 Å². The normalized spacial score (nSPS) is 13.1. The number of hydrogen-bond acceptors (Lipinski definition) is 5. The molecule has 0 aliphatic heterocycles. The Morgan fingerprint density at radius 3 is 1.74 bits per heavy atom. The first-order valence-electron chi connectivity index (χ1n) is 11.6. The molecule has 3 rings (SSSR count). The zero-order valence-corrected chi connectivity index (χ0v) is 21.8. The van der Waals surface area contributed by atoms with Crippen molar-refractivity contribution in [1.82, 2.24) is 0 Å². The van der Waals surface area contributed by atoms with Gasteiger partial charge in [-0.3, -0.25) is 0 Å². The zero-order chi connectivity index (χ0) is 25.6. The van der Waals surface area contributed by atoms with Crippen molar-refractivity contribution in [1.29, 1.82) is 0 Å². The molecule has 0 aliphatic rings. The maximum atomic E-state index is 13.1. The lowest BCUT2D eigenvalue weighted by Gasteiger charge is -2.30. The monoisotopic (exact) mass is 463 g/mol. The number of aryl methyl sites for hydroxylation is 1. The summed E-state index contributed by atoms with van der Waals surface area (Å²) >= 11 is 0. The third kappa shape index (κ3) is 4.98. The minimum Gasteiger partial charge on any atom is -0.507 e. The number of nitrogens with zero attached hydrogens (tertiary/aromatic N) is 1. The average Bonchev–Trinajstić information content (AvgIpc) is 2.69. The van der Waals surface area contributed by atoms with Crippen LogP contribution in [0.5, 0.6) is 11.5 Å². The Kier molecular flexibility index (Phi) is 6.62. The summed E-state index contributed by atoms with van der Waals surface area (Å²) < 4.78 is 5.42. The summed E-state index contributed by atoms with van der Waals surface area (Å²) in [6.45, 7) is 14.0. The second-order valence-corrected chi connectivity index (χ2v) is 11.3. The third-order valence-electron chi connectivity index (χ3n) is 6.20. The van der Waals surface area contributed by atoms with E-state index in [-0.39, 0.29) is 27.9 Å². The van der Waals surface area contributed by atoms with E-state index < -0.39 is 11.5 Å². The molecule has 0 saturated heterocycles. The number of rotatable bonds is 4. The van der Waals surface area contributed by atoms with E-state index in [9.17, 15) is 15.0 Å². The van der Waals surface area contributed by atoms with Crippen molar-refractivity contribution in [2.45, 2.75) is 65.2 Å². The lowest BCUT2D eigenvalue weighted by molar-refractivity contribution is 0.419. The van der Waals surface area contributed by atoms with Gasteiger partial charge in [-0.25, -0.2) is 4.79 Å². The topological polar surface area (TPSA) is 73.9 Å². The highest BCUT2D eigenvalue weighted by molar-refractivity contribution is 5.57. The van der Waals surface area contributed by atoms with Gasteiger partial charge in [0, 0.05) is 31.8 Å². The Morgan fingerprint density at radius 1 is 0.824 bits per heavy atom.